The fourth-order valence-electron chi connectivity index (χ4n) is 2.50. The summed E-state index contributed by atoms with van der Waals surface area (Å²) in [6, 6.07) is 7.78. The molecule has 2 nitrogen and oxygen atoms in total. The highest BCUT2D eigenvalue weighted by Crippen LogP contribution is 2.24. The Labute approximate surface area is 117 Å². The second-order valence-corrected chi connectivity index (χ2v) is 5.95. The molecule has 0 atom stereocenters. The minimum atomic E-state index is 0.194. The topological polar surface area (TPSA) is 29.1 Å². The van der Waals surface area contributed by atoms with Gasteiger partial charge in [-0.2, -0.15) is 0 Å². The minimum Gasteiger partial charge on any atom is -0.326 e. The Morgan fingerprint density at radius 2 is 1.56 bits per heavy atom. The van der Waals surface area contributed by atoms with Crippen LogP contribution in [0, 0.1) is 5.92 Å². The number of hydrogen-bond acceptors (Lipinski definition) is 1. The van der Waals surface area contributed by atoms with E-state index in [-0.39, 0.29) is 11.8 Å². The van der Waals surface area contributed by atoms with E-state index in [4.69, 9.17) is 0 Å². The van der Waals surface area contributed by atoms with Crippen LogP contribution < -0.4 is 5.32 Å². The zero-order valence-corrected chi connectivity index (χ0v) is 12.2. The molecule has 0 spiro atoms. The number of halogens is 1. The van der Waals surface area contributed by atoms with Crippen LogP contribution in [0.2, 0.25) is 0 Å². The lowest BCUT2D eigenvalue weighted by molar-refractivity contribution is -0.120. The van der Waals surface area contributed by atoms with Gasteiger partial charge in [0.15, 0.2) is 0 Å². The van der Waals surface area contributed by atoms with Crippen LogP contribution in [-0.2, 0) is 4.79 Å². The lowest BCUT2D eigenvalue weighted by Crippen LogP contribution is -2.23. The zero-order chi connectivity index (χ0) is 12.8. The van der Waals surface area contributed by atoms with Crippen molar-refractivity contribution in [3.05, 3.63) is 28.7 Å². The van der Waals surface area contributed by atoms with Crippen molar-refractivity contribution in [1.29, 1.82) is 0 Å². The fraction of sp³-hybridized carbons (Fsp3) is 0.533. The molecule has 1 aliphatic carbocycles. The van der Waals surface area contributed by atoms with E-state index in [0.717, 1.165) is 23.0 Å². The predicted octanol–water partition coefficient (Wildman–Crippen LogP) is 4.75. The first-order valence-corrected chi connectivity index (χ1v) is 7.61. The third kappa shape index (κ3) is 4.13. The number of benzene rings is 1. The maximum absolute atomic E-state index is 12.2. The summed E-state index contributed by atoms with van der Waals surface area (Å²) in [5.74, 6) is 0.396. The first-order valence-electron chi connectivity index (χ1n) is 6.82. The molecule has 1 aromatic carbocycles. The van der Waals surface area contributed by atoms with E-state index in [9.17, 15) is 4.79 Å². The van der Waals surface area contributed by atoms with E-state index in [1.54, 1.807) is 0 Å². The summed E-state index contributed by atoms with van der Waals surface area (Å²) < 4.78 is 1.03. The molecule has 0 saturated heterocycles. The van der Waals surface area contributed by atoms with Crippen LogP contribution in [0.15, 0.2) is 28.7 Å². The van der Waals surface area contributed by atoms with Gasteiger partial charge in [-0.05, 0) is 37.1 Å². The van der Waals surface area contributed by atoms with Crippen molar-refractivity contribution in [3.8, 4) is 0 Å². The molecule has 98 valence electrons. The molecule has 0 aliphatic heterocycles. The number of amides is 1. The number of carbonyl (C=O) groups is 1. The molecule has 0 aromatic heterocycles. The molecule has 1 aromatic rings. The number of rotatable bonds is 2. The van der Waals surface area contributed by atoms with Gasteiger partial charge in [0.25, 0.3) is 0 Å². The van der Waals surface area contributed by atoms with Crippen molar-refractivity contribution in [2.24, 2.45) is 5.92 Å². The first-order chi connectivity index (χ1) is 8.75. The van der Waals surface area contributed by atoms with Crippen molar-refractivity contribution >= 4 is 27.5 Å². The summed E-state index contributed by atoms with van der Waals surface area (Å²) >= 11 is 3.39. The van der Waals surface area contributed by atoms with Gasteiger partial charge in [0, 0.05) is 16.1 Å². The molecule has 3 heteroatoms. The average Bonchev–Trinajstić information content (AvgIpc) is 2.31. The Morgan fingerprint density at radius 1 is 1.00 bits per heavy atom. The summed E-state index contributed by atoms with van der Waals surface area (Å²) in [4.78, 5) is 12.2. The molecule has 1 amide bonds. The summed E-state index contributed by atoms with van der Waals surface area (Å²) in [5, 5.41) is 3.03. The van der Waals surface area contributed by atoms with Crippen LogP contribution in [0.4, 0.5) is 5.69 Å². The van der Waals surface area contributed by atoms with E-state index in [1.807, 2.05) is 24.3 Å². The molecule has 1 aliphatic rings. The Kier molecular flexibility index (Phi) is 5.24. The van der Waals surface area contributed by atoms with Gasteiger partial charge in [0.2, 0.25) is 5.91 Å². The third-order valence-corrected chi connectivity index (χ3v) is 4.12. The van der Waals surface area contributed by atoms with Crippen molar-refractivity contribution in [1.82, 2.24) is 0 Å². The van der Waals surface area contributed by atoms with E-state index in [2.05, 4.69) is 21.2 Å². The van der Waals surface area contributed by atoms with Gasteiger partial charge in [0.1, 0.15) is 0 Å². The van der Waals surface area contributed by atoms with Gasteiger partial charge in [-0.15, -0.1) is 0 Å². The Hall–Kier alpha value is -0.830. The van der Waals surface area contributed by atoms with Gasteiger partial charge in [-0.1, -0.05) is 48.0 Å². The molecule has 1 fully saturated rings. The van der Waals surface area contributed by atoms with Gasteiger partial charge >= 0.3 is 0 Å². The van der Waals surface area contributed by atoms with E-state index in [0.29, 0.717) is 0 Å². The molecule has 0 unspecified atom stereocenters. The highest BCUT2D eigenvalue weighted by molar-refractivity contribution is 9.10. The fourth-order valence-corrected chi connectivity index (χ4v) is 2.76. The van der Waals surface area contributed by atoms with Gasteiger partial charge < -0.3 is 5.32 Å². The Bertz CT molecular complexity index is 380. The van der Waals surface area contributed by atoms with Gasteiger partial charge in [-0.25, -0.2) is 0 Å². The Morgan fingerprint density at radius 3 is 2.17 bits per heavy atom. The summed E-state index contributed by atoms with van der Waals surface area (Å²) in [5.41, 5.74) is 0.894. The van der Waals surface area contributed by atoms with Crippen molar-refractivity contribution in [2.45, 2.75) is 44.9 Å². The molecular formula is C15H20BrNO. The van der Waals surface area contributed by atoms with E-state index in [1.165, 1.54) is 32.1 Å². The maximum Gasteiger partial charge on any atom is 0.227 e. The summed E-state index contributed by atoms with van der Waals surface area (Å²) in [6.45, 7) is 0. The highest BCUT2D eigenvalue weighted by atomic mass is 79.9. The van der Waals surface area contributed by atoms with Gasteiger partial charge in [-0.3, -0.25) is 4.79 Å². The molecule has 0 radical (unpaired) electrons. The van der Waals surface area contributed by atoms with Crippen LogP contribution in [0.25, 0.3) is 0 Å². The SMILES string of the molecule is O=C(Nc1ccc(Br)cc1)C1CCCCCCC1. The number of hydrogen-bond donors (Lipinski definition) is 1. The predicted molar refractivity (Wildman–Crippen MR) is 78.6 cm³/mol. The zero-order valence-electron chi connectivity index (χ0n) is 10.6. The van der Waals surface area contributed by atoms with Crippen molar-refractivity contribution in [3.63, 3.8) is 0 Å². The lowest BCUT2D eigenvalue weighted by Gasteiger charge is -2.19. The quantitative estimate of drug-likeness (QED) is 0.839. The summed E-state index contributed by atoms with van der Waals surface area (Å²) in [6.07, 6.45) is 8.37. The van der Waals surface area contributed by atoms with Crippen LogP contribution in [0.3, 0.4) is 0 Å². The molecular weight excluding hydrogens is 290 g/mol. The monoisotopic (exact) mass is 309 g/mol. The molecule has 0 heterocycles. The molecule has 2 rings (SSSR count). The molecule has 0 bridgehead atoms. The lowest BCUT2D eigenvalue weighted by atomic mass is 9.90. The second-order valence-electron chi connectivity index (χ2n) is 5.04. The Balaban J connectivity index is 1.91. The second kappa shape index (κ2) is 6.93. The third-order valence-electron chi connectivity index (χ3n) is 3.59. The normalized spacial score (nSPS) is 17.8. The largest absolute Gasteiger partial charge is 0.326 e. The highest BCUT2D eigenvalue weighted by Gasteiger charge is 2.19. The smallest absolute Gasteiger partial charge is 0.227 e. The van der Waals surface area contributed by atoms with E-state index < -0.39 is 0 Å². The average molecular weight is 310 g/mol. The van der Waals surface area contributed by atoms with Crippen LogP contribution in [0.1, 0.15) is 44.9 Å². The molecule has 1 saturated carbocycles. The molecule has 1 N–H and O–H groups in total. The van der Waals surface area contributed by atoms with Crippen LogP contribution in [-0.4, -0.2) is 5.91 Å². The van der Waals surface area contributed by atoms with Crippen molar-refractivity contribution < 1.29 is 4.79 Å². The first kappa shape index (κ1) is 13.6. The molecule has 18 heavy (non-hydrogen) atoms. The van der Waals surface area contributed by atoms with Crippen LogP contribution >= 0.6 is 15.9 Å². The number of anilines is 1. The van der Waals surface area contributed by atoms with Gasteiger partial charge in [0.05, 0.1) is 0 Å². The maximum atomic E-state index is 12.2. The van der Waals surface area contributed by atoms with Crippen molar-refractivity contribution in [2.75, 3.05) is 5.32 Å². The standard InChI is InChI=1S/C15H20BrNO/c16-13-8-10-14(11-9-13)17-15(18)12-6-4-2-1-3-5-7-12/h8-12H,1-7H2,(H,17,18). The van der Waals surface area contributed by atoms with E-state index >= 15 is 0 Å². The number of nitrogens with one attached hydrogen (secondary N) is 1. The van der Waals surface area contributed by atoms with Crippen LogP contribution in [0.5, 0.6) is 0 Å². The number of carbonyl (C=O) groups excluding carboxylic acids is 1. The summed E-state index contributed by atoms with van der Waals surface area (Å²) in [7, 11) is 0. The minimum absolute atomic E-state index is 0.194.